The Hall–Kier alpha value is -0.510. The van der Waals surface area contributed by atoms with Gasteiger partial charge in [-0.25, -0.2) is 6.57 Å². The second-order valence-corrected chi connectivity index (χ2v) is 2.15. The van der Waals surface area contributed by atoms with Crippen LogP contribution in [0.5, 0.6) is 0 Å². The molecule has 1 nitrogen and oxygen atoms in total. The van der Waals surface area contributed by atoms with Gasteiger partial charge in [-0.15, -0.1) is 0 Å². The molecule has 9 heavy (non-hydrogen) atoms. The molecule has 0 amide bonds. The van der Waals surface area contributed by atoms with E-state index >= 15 is 0 Å². The first-order chi connectivity index (χ1) is 5.13. The Morgan fingerprint density at radius 3 is 2.89 bits per heavy atom. The van der Waals surface area contributed by atoms with Crippen LogP contribution in [-0.4, -0.2) is 6.54 Å². The fourth-order valence-electron chi connectivity index (χ4n) is 0.573. The molecule has 0 saturated heterocycles. The summed E-state index contributed by atoms with van der Waals surface area (Å²) in [7, 11) is 0. The van der Waals surface area contributed by atoms with Gasteiger partial charge in [0.05, 0.1) is 0 Å². The fraction of sp³-hybridized carbons (Fsp3) is 0.875. The molecule has 0 radical (unpaired) electrons. The van der Waals surface area contributed by atoms with Crippen LogP contribution < -0.4 is 0 Å². The van der Waals surface area contributed by atoms with Crippen molar-refractivity contribution in [2.45, 2.75) is 33.1 Å². The Morgan fingerprint density at radius 1 is 1.78 bits per heavy atom. The highest BCUT2D eigenvalue weighted by atomic mass is 14.6. The molecule has 0 saturated carbocycles. The predicted molar refractivity (Wildman–Crippen MR) is 40.2 cm³/mol. The van der Waals surface area contributed by atoms with Crippen molar-refractivity contribution in [1.82, 2.24) is 0 Å². The normalized spacial score (nSPS) is 22.8. The van der Waals surface area contributed by atoms with Crippen LogP contribution in [0.25, 0.3) is 4.85 Å². The van der Waals surface area contributed by atoms with E-state index in [1.54, 1.807) is 0 Å². The number of hydrogen-bond donors (Lipinski definition) is 0. The van der Waals surface area contributed by atoms with Crippen molar-refractivity contribution >= 4 is 0 Å². The van der Waals surface area contributed by atoms with Crippen LogP contribution in [0.15, 0.2) is 0 Å². The van der Waals surface area contributed by atoms with E-state index in [0.717, 1.165) is 0 Å². The Kier molecular flexibility index (Phi) is 3.30. The monoisotopic (exact) mass is 129 g/mol. The summed E-state index contributed by atoms with van der Waals surface area (Å²) in [6, 6.07) is 0. The third kappa shape index (κ3) is 5.36. The fourth-order valence-corrected chi connectivity index (χ4v) is 0.573. The van der Waals surface area contributed by atoms with Crippen molar-refractivity contribution < 1.29 is 2.74 Å². The second kappa shape index (κ2) is 5.62. The van der Waals surface area contributed by atoms with Gasteiger partial charge in [0, 0.05) is 8.66 Å². The Labute approximate surface area is 60.7 Å². The van der Waals surface area contributed by atoms with Gasteiger partial charge >= 0.3 is 0 Å². The maximum Gasteiger partial charge on any atom is 0.217 e. The van der Waals surface area contributed by atoms with Crippen LogP contribution in [0.2, 0.25) is 0 Å². The lowest BCUT2D eigenvalue weighted by atomic mass is 10.1. The maximum absolute atomic E-state index is 7.56. The molecular formula is C8H15N. The molecule has 0 aliphatic rings. The first-order valence-electron chi connectivity index (χ1n) is 4.46. The average Bonchev–Trinajstić information content (AvgIpc) is 2.02. The smallest absolute Gasteiger partial charge is 0.217 e. The quantitative estimate of drug-likeness (QED) is 0.514. The van der Waals surface area contributed by atoms with E-state index in [1.165, 1.54) is 0 Å². The zero-order chi connectivity index (χ0) is 8.85. The summed E-state index contributed by atoms with van der Waals surface area (Å²) in [4.78, 5) is 3.22. The molecule has 0 aromatic heterocycles. The zero-order valence-corrected chi connectivity index (χ0v) is 6.09. The Morgan fingerprint density at radius 2 is 2.44 bits per heavy atom. The van der Waals surface area contributed by atoms with Gasteiger partial charge in [-0.05, 0) is 6.40 Å². The van der Waals surface area contributed by atoms with Crippen molar-refractivity contribution in [2.24, 2.45) is 5.92 Å². The van der Waals surface area contributed by atoms with Crippen LogP contribution in [0, 0.1) is 12.5 Å². The molecule has 0 heterocycles. The van der Waals surface area contributed by atoms with Gasteiger partial charge in [0.15, 0.2) is 0 Å². The van der Waals surface area contributed by atoms with E-state index in [0.29, 0.717) is 13.0 Å². The molecule has 0 aromatic rings. The molecule has 0 spiro atoms. The minimum Gasteiger partial charge on any atom is -0.317 e. The molecular weight excluding hydrogens is 110 g/mol. The predicted octanol–water partition coefficient (Wildman–Crippen LogP) is 2.73. The highest BCUT2D eigenvalue weighted by Crippen LogP contribution is 2.06. The SMILES string of the molecule is [3H]C(CC)C([3H])C(C)C[N+]#[C-]. The van der Waals surface area contributed by atoms with Gasteiger partial charge in [0.25, 0.3) is 0 Å². The van der Waals surface area contributed by atoms with Gasteiger partial charge in [0.2, 0.25) is 6.54 Å². The van der Waals surface area contributed by atoms with Gasteiger partial charge in [0.1, 0.15) is 0 Å². The standard InChI is InChI=1S/C8H15N/c1-4-5-6-8(2)7-9-3/h8H,4-7H2,1-2H3/i5T,6T. The molecule has 0 aliphatic carbocycles. The van der Waals surface area contributed by atoms with E-state index in [2.05, 4.69) is 4.85 Å². The molecule has 1 heteroatoms. The summed E-state index contributed by atoms with van der Waals surface area (Å²) in [6.07, 6.45) is -0.0166. The summed E-state index contributed by atoms with van der Waals surface area (Å²) in [5, 5.41) is 0. The lowest BCUT2D eigenvalue weighted by molar-refractivity contribution is 0.538. The van der Waals surface area contributed by atoms with E-state index in [-0.39, 0.29) is 12.3 Å². The summed E-state index contributed by atoms with van der Waals surface area (Å²) >= 11 is 0. The highest BCUT2D eigenvalue weighted by Gasteiger charge is 2.01. The molecule has 3 unspecified atom stereocenters. The average molecular weight is 129 g/mol. The Balaban J connectivity index is 3.82. The zero-order valence-electron chi connectivity index (χ0n) is 8.09. The molecule has 0 aliphatic heterocycles. The van der Waals surface area contributed by atoms with Crippen LogP contribution >= 0.6 is 0 Å². The van der Waals surface area contributed by atoms with Gasteiger partial charge in [-0.1, -0.05) is 26.7 Å². The maximum atomic E-state index is 7.56. The van der Waals surface area contributed by atoms with E-state index < -0.39 is 6.40 Å². The highest BCUT2D eigenvalue weighted by molar-refractivity contribution is 4.65. The van der Waals surface area contributed by atoms with E-state index in [4.69, 9.17) is 9.31 Å². The van der Waals surface area contributed by atoms with Gasteiger partial charge in [-0.2, -0.15) is 0 Å². The van der Waals surface area contributed by atoms with Crippen LogP contribution in [0.4, 0.5) is 0 Å². The molecule has 0 rings (SSSR count). The second-order valence-electron chi connectivity index (χ2n) is 2.15. The van der Waals surface area contributed by atoms with Crippen molar-refractivity contribution in [2.75, 3.05) is 6.54 Å². The number of nitrogens with zero attached hydrogens (tertiary/aromatic N) is 1. The minimum absolute atomic E-state index is 0.0370. The van der Waals surface area contributed by atoms with Gasteiger partial charge < -0.3 is 4.85 Å². The van der Waals surface area contributed by atoms with Crippen LogP contribution in [0.1, 0.15) is 35.8 Å². The summed E-state index contributed by atoms with van der Waals surface area (Å²) in [6.45, 7) is 10.8. The molecule has 3 atom stereocenters. The molecule has 0 N–H and O–H groups in total. The van der Waals surface area contributed by atoms with Crippen molar-refractivity contribution in [1.29, 1.82) is 0 Å². The molecule has 52 valence electrons. The molecule has 0 bridgehead atoms. The lowest BCUT2D eigenvalue weighted by Gasteiger charge is -2.00. The van der Waals surface area contributed by atoms with E-state index in [1.807, 2.05) is 13.8 Å². The number of rotatable bonds is 4. The third-order valence-electron chi connectivity index (χ3n) is 1.08. The Bertz CT molecular complexity index is 142. The number of hydrogen-bond acceptors (Lipinski definition) is 0. The first-order valence-corrected chi connectivity index (χ1v) is 3.31. The largest absolute Gasteiger partial charge is 0.317 e. The van der Waals surface area contributed by atoms with Crippen molar-refractivity contribution in [3.8, 4) is 0 Å². The van der Waals surface area contributed by atoms with E-state index in [9.17, 15) is 0 Å². The summed E-state index contributed by atoms with van der Waals surface area (Å²) < 4.78 is 15.0. The van der Waals surface area contributed by atoms with Gasteiger partial charge in [-0.3, -0.25) is 0 Å². The topological polar surface area (TPSA) is 4.36 Å². The van der Waals surface area contributed by atoms with Crippen LogP contribution in [-0.2, 0) is 0 Å². The summed E-state index contributed by atoms with van der Waals surface area (Å²) in [5.41, 5.74) is 0. The molecule has 0 fully saturated rings. The minimum atomic E-state index is -0.394. The summed E-state index contributed by atoms with van der Waals surface area (Å²) in [5.74, 6) is 0.0370. The lowest BCUT2D eigenvalue weighted by Crippen LogP contribution is -1.96. The van der Waals surface area contributed by atoms with Crippen LogP contribution in [0.3, 0.4) is 0 Å². The third-order valence-corrected chi connectivity index (χ3v) is 1.08. The molecule has 0 aromatic carbocycles. The van der Waals surface area contributed by atoms with Crippen molar-refractivity contribution in [3.05, 3.63) is 11.4 Å². The van der Waals surface area contributed by atoms with Crippen molar-refractivity contribution in [3.63, 3.8) is 0 Å². The first kappa shape index (κ1) is 5.29.